The van der Waals surface area contributed by atoms with Gasteiger partial charge in [-0.1, -0.05) is 36.4 Å². The molecule has 8 nitrogen and oxygen atoms in total. The van der Waals surface area contributed by atoms with Crippen molar-refractivity contribution in [2.45, 2.75) is 26.3 Å². The average molecular weight is 474 g/mol. The zero-order valence-electron chi connectivity index (χ0n) is 19.6. The topological polar surface area (TPSA) is 104 Å². The van der Waals surface area contributed by atoms with Gasteiger partial charge in [-0.2, -0.15) is 0 Å². The Morgan fingerprint density at radius 1 is 0.943 bits per heavy atom. The third-order valence-corrected chi connectivity index (χ3v) is 6.61. The van der Waals surface area contributed by atoms with Crippen LogP contribution in [0.2, 0.25) is 0 Å². The van der Waals surface area contributed by atoms with E-state index in [0.29, 0.717) is 17.5 Å². The van der Waals surface area contributed by atoms with E-state index >= 15 is 0 Å². The molecule has 0 saturated heterocycles. The first-order valence-electron chi connectivity index (χ1n) is 11.6. The van der Waals surface area contributed by atoms with E-state index in [1.807, 2.05) is 24.3 Å². The van der Waals surface area contributed by atoms with E-state index in [-0.39, 0.29) is 17.2 Å². The molecule has 0 saturated carbocycles. The van der Waals surface area contributed by atoms with Crippen LogP contribution in [0.15, 0.2) is 72.8 Å². The maximum absolute atomic E-state index is 13.5. The first-order chi connectivity index (χ1) is 16.8. The van der Waals surface area contributed by atoms with Crippen molar-refractivity contribution < 1.29 is 19.6 Å². The number of carbonyl (C=O) groups excluding carboxylic acids is 1. The number of nitrogens with zero attached hydrogens (tertiary/aromatic N) is 3. The van der Waals surface area contributed by atoms with Gasteiger partial charge in [0.1, 0.15) is 0 Å². The molecule has 3 aromatic rings. The van der Waals surface area contributed by atoms with Crippen LogP contribution >= 0.6 is 0 Å². The van der Waals surface area contributed by atoms with Crippen molar-refractivity contribution in [2.75, 3.05) is 22.9 Å². The zero-order chi connectivity index (χ0) is 25.1. The molecule has 1 aliphatic rings. The third kappa shape index (κ3) is 4.59. The first-order valence-corrected chi connectivity index (χ1v) is 11.6. The smallest absolute Gasteiger partial charge is 0.412 e. The molecule has 4 rings (SSSR count). The Labute approximate surface area is 203 Å². The molecule has 0 aliphatic heterocycles. The molecule has 0 fully saturated rings. The summed E-state index contributed by atoms with van der Waals surface area (Å²) in [6, 6.07) is 19.7. The van der Waals surface area contributed by atoms with Crippen LogP contribution in [-0.4, -0.2) is 35.0 Å². The molecule has 0 bridgehead atoms. The summed E-state index contributed by atoms with van der Waals surface area (Å²) in [5, 5.41) is 21.3. The molecule has 0 heterocycles. The van der Waals surface area contributed by atoms with E-state index in [0.717, 1.165) is 29.2 Å². The predicted molar refractivity (Wildman–Crippen MR) is 134 cm³/mol. The highest BCUT2D eigenvalue weighted by molar-refractivity contribution is 6.05. The van der Waals surface area contributed by atoms with Crippen LogP contribution in [0.1, 0.15) is 41.4 Å². The highest BCUT2D eigenvalue weighted by Crippen LogP contribution is 2.44. The molecular weight excluding hydrogens is 446 g/mol. The lowest BCUT2D eigenvalue weighted by Crippen LogP contribution is -2.37. The van der Waals surface area contributed by atoms with Gasteiger partial charge in [0.05, 0.1) is 16.9 Å². The fourth-order valence-corrected chi connectivity index (χ4v) is 4.87. The minimum Gasteiger partial charge on any atom is -0.465 e. The van der Waals surface area contributed by atoms with Crippen molar-refractivity contribution in [1.82, 2.24) is 0 Å². The lowest BCUT2D eigenvalue weighted by atomic mass is 9.90. The zero-order valence-corrected chi connectivity index (χ0v) is 19.6. The van der Waals surface area contributed by atoms with Gasteiger partial charge in [0.2, 0.25) is 0 Å². The van der Waals surface area contributed by atoms with Gasteiger partial charge in [-0.15, -0.1) is 0 Å². The molecule has 1 N–H and O–H groups in total. The fourth-order valence-electron chi connectivity index (χ4n) is 4.87. The highest BCUT2D eigenvalue weighted by Gasteiger charge is 2.45. The number of Topliss-reactive ketones (excluding diaryl/α,β-unsaturated/α-hetero) is 1. The van der Waals surface area contributed by atoms with Crippen LogP contribution in [-0.2, 0) is 6.42 Å². The number of hydrogen-bond acceptors (Lipinski definition) is 5. The summed E-state index contributed by atoms with van der Waals surface area (Å²) in [4.78, 5) is 39.9. The Hall–Kier alpha value is -4.20. The lowest BCUT2D eigenvalue weighted by Gasteiger charge is -2.31. The summed E-state index contributed by atoms with van der Waals surface area (Å²) >= 11 is 0. The normalized spacial score (nSPS) is 16.6. The van der Waals surface area contributed by atoms with Crippen molar-refractivity contribution in [1.29, 1.82) is 0 Å². The Morgan fingerprint density at radius 3 is 2.11 bits per heavy atom. The second kappa shape index (κ2) is 9.97. The number of amides is 1. The number of non-ortho nitro benzene ring substituents is 1. The standard InChI is InChI=1S/C27H27N3O5/c1-3-28(4-2)19-11-9-18(10-12-19)17-24-25(22-7-5-6-8-23(22)26(24)31)29(27(32)33)20-13-15-21(16-14-20)30(34)35/h5-16,24-25H,3-4,17H2,1-2H3,(H,32,33). The Kier molecular flexibility index (Phi) is 6.82. The van der Waals surface area contributed by atoms with Crippen LogP contribution < -0.4 is 9.80 Å². The largest absolute Gasteiger partial charge is 0.465 e. The third-order valence-electron chi connectivity index (χ3n) is 6.61. The Bertz CT molecular complexity index is 1240. The van der Waals surface area contributed by atoms with Crippen LogP contribution in [0.5, 0.6) is 0 Å². The van der Waals surface area contributed by atoms with Gasteiger partial charge in [0.25, 0.3) is 5.69 Å². The molecule has 1 amide bonds. The summed E-state index contributed by atoms with van der Waals surface area (Å²) in [5.41, 5.74) is 3.32. The summed E-state index contributed by atoms with van der Waals surface area (Å²) in [7, 11) is 0. The van der Waals surface area contributed by atoms with E-state index in [9.17, 15) is 24.8 Å². The number of benzene rings is 3. The molecule has 2 atom stereocenters. The number of anilines is 2. The number of carbonyl (C=O) groups is 2. The molecular formula is C27H27N3O5. The molecule has 2 unspecified atom stereocenters. The van der Waals surface area contributed by atoms with Crippen LogP contribution in [0, 0.1) is 16.0 Å². The number of rotatable bonds is 8. The van der Waals surface area contributed by atoms with Crippen LogP contribution in [0.25, 0.3) is 0 Å². The summed E-state index contributed by atoms with van der Waals surface area (Å²) in [6.07, 6.45) is -0.858. The highest BCUT2D eigenvalue weighted by atomic mass is 16.6. The Balaban J connectivity index is 1.72. The minimum absolute atomic E-state index is 0.105. The van der Waals surface area contributed by atoms with Crippen LogP contribution in [0.3, 0.4) is 0 Å². The van der Waals surface area contributed by atoms with E-state index in [1.54, 1.807) is 24.3 Å². The predicted octanol–water partition coefficient (Wildman–Crippen LogP) is 5.72. The second-order valence-electron chi connectivity index (χ2n) is 8.47. The van der Waals surface area contributed by atoms with Crippen molar-refractivity contribution in [3.63, 3.8) is 0 Å². The summed E-state index contributed by atoms with van der Waals surface area (Å²) < 4.78 is 0. The van der Waals surface area contributed by atoms with Gasteiger partial charge in [0, 0.05) is 42.2 Å². The maximum atomic E-state index is 13.5. The number of carboxylic acid groups (broad SMARTS) is 1. The number of nitro benzene ring substituents is 1. The fraction of sp³-hybridized carbons (Fsp3) is 0.259. The average Bonchev–Trinajstić information content (AvgIpc) is 3.13. The monoisotopic (exact) mass is 473 g/mol. The van der Waals surface area contributed by atoms with Gasteiger partial charge in [-0.05, 0) is 55.7 Å². The van der Waals surface area contributed by atoms with Crippen molar-refractivity contribution in [2.24, 2.45) is 5.92 Å². The van der Waals surface area contributed by atoms with E-state index in [4.69, 9.17) is 0 Å². The van der Waals surface area contributed by atoms with Gasteiger partial charge >= 0.3 is 6.09 Å². The second-order valence-corrected chi connectivity index (χ2v) is 8.47. The SMILES string of the molecule is CCN(CC)c1ccc(CC2C(=O)c3ccccc3C2N(C(=O)O)c2ccc([N+](=O)[O-])cc2)cc1. The molecule has 0 spiro atoms. The summed E-state index contributed by atoms with van der Waals surface area (Å²) in [6.45, 7) is 5.96. The number of hydrogen-bond donors (Lipinski definition) is 1. The molecule has 35 heavy (non-hydrogen) atoms. The van der Waals surface area contributed by atoms with Crippen molar-refractivity contribution in [3.05, 3.63) is 99.6 Å². The number of fused-ring (bicyclic) bond motifs is 1. The van der Waals surface area contributed by atoms with Gasteiger partial charge < -0.3 is 10.0 Å². The van der Waals surface area contributed by atoms with Gasteiger partial charge in [-0.3, -0.25) is 19.8 Å². The lowest BCUT2D eigenvalue weighted by molar-refractivity contribution is -0.384. The molecule has 3 aromatic carbocycles. The van der Waals surface area contributed by atoms with Gasteiger partial charge in [0.15, 0.2) is 5.78 Å². The quantitative estimate of drug-likeness (QED) is 0.331. The molecule has 1 aliphatic carbocycles. The molecule has 0 aromatic heterocycles. The minimum atomic E-state index is -1.23. The van der Waals surface area contributed by atoms with E-state index in [2.05, 4.69) is 18.7 Å². The molecule has 0 radical (unpaired) electrons. The summed E-state index contributed by atoms with van der Waals surface area (Å²) in [5.74, 6) is -0.732. The maximum Gasteiger partial charge on any atom is 0.412 e. The van der Waals surface area contributed by atoms with Crippen LogP contribution in [0.4, 0.5) is 21.9 Å². The number of ketones is 1. The van der Waals surface area contributed by atoms with Crippen molar-refractivity contribution >= 4 is 28.9 Å². The van der Waals surface area contributed by atoms with E-state index in [1.165, 1.54) is 24.3 Å². The first kappa shape index (κ1) is 23.9. The molecule has 8 heteroatoms. The number of nitro groups is 1. The van der Waals surface area contributed by atoms with E-state index < -0.39 is 23.0 Å². The Morgan fingerprint density at radius 2 is 1.54 bits per heavy atom. The van der Waals surface area contributed by atoms with Gasteiger partial charge in [-0.25, -0.2) is 4.79 Å². The molecule has 180 valence electrons. The van der Waals surface area contributed by atoms with Crippen molar-refractivity contribution in [3.8, 4) is 0 Å².